The Balaban J connectivity index is 1.87. The van der Waals surface area contributed by atoms with Gasteiger partial charge in [0.05, 0.1) is 0 Å². The van der Waals surface area contributed by atoms with Gasteiger partial charge in [0.1, 0.15) is 4.88 Å². The second kappa shape index (κ2) is 8.48. The maximum Gasteiger partial charge on any atom is 0.349 e. The standard InChI is InChI=1S/C18H21NO3S/c1-13(2)16(22-18(21)15-9-6-12-23-15)17(20)19-11-10-14-7-4-3-5-8-14/h3-9,12-13,16H,10-11H2,1-2H3,(H,19,20)/t16-/m0/s1. The van der Waals surface area contributed by atoms with Gasteiger partial charge in [0.2, 0.25) is 0 Å². The Hall–Kier alpha value is -2.14. The summed E-state index contributed by atoms with van der Waals surface area (Å²) in [6.45, 7) is 4.24. The fourth-order valence-corrected chi connectivity index (χ4v) is 2.74. The lowest BCUT2D eigenvalue weighted by Crippen LogP contribution is -2.41. The molecule has 0 spiro atoms. The van der Waals surface area contributed by atoms with Gasteiger partial charge in [0, 0.05) is 6.54 Å². The van der Waals surface area contributed by atoms with E-state index in [-0.39, 0.29) is 11.8 Å². The second-order valence-electron chi connectivity index (χ2n) is 5.57. The Morgan fingerprint density at radius 1 is 1.13 bits per heavy atom. The zero-order valence-corrected chi connectivity index (χ0v) is 14.1. The van der Waals surface area contributed by atoms with Crippen LogP contribution in [0.3, 0.4) is 0 Å². The third kappa shape index (κ3) is 5.21. The van der Waals surface area contributed by atoms with Crippen molar-refractivity contribution in [1.29, 1.82) is 0 Å². The number of thiophene rings is 1. The molecule has 1 N–H and O–H groups in total. The summed E-state index contributed by atoms with van der Waals surface area (Å²) in [5.74, 6) is -0.784. The van der Waals surface area contributed by atoms with Crippen LogP contribution in [-0.2, 0) is 16.0 Å². The van der Waals surface area contributed by atoms with Crippen molar-refractivity contribution in [2.75, 3.05) is 6.54 Å². The van der Waals surface area contributed by atoms with Crippen molar-refractivity contribution < 1.29 is 14.3 Å². The van der Waals surface area contributed by atoms with Crippen LogP contribution in [0.2, 0.25) is 0 Å². The Labute approximate surface area is 140 Å². The molecular weight excluding hydrogens is 310 g/mol. The Kier molecular flexibility index (Phi) is 6.35. The number of hydrogen-bond acceptors (Lipinski definition) is 4. The first kappa shape index (κ1) is 17.2. The van der Waals surface area contributed by atoms with E-state index in [2.05, 4.69) is 5.32 Å². The molecule has 0 radical (unpaired) electrons. The number of esters is 1. The van der Waals surface area contributed by atoms with Crippen LogP contribution in [0.1, 0.15) is 29.1 Å². The Bertz CT molecular complexity index is 623. The summed E-state index contributed by atoms with van der Waals surface area (Å²) < 4.78 is 5.38. The highest BCUT2D eigenvalue weighted by Crippen LogP contribution is 2.14. The van der Waals surface area contributed by atoms with Gasteiger partial charge in [0.15, 0.2) is 6.10 Å². The Morgan fingerprint density at radius 3 is 2.48 bits per heavy atom. The van der Waals surface area contributed by atoms with Crippen molar-refractivity contribution in [2.45, 2.75) is 26.4 Å². The van der Waals surface area contributed by atoms with Crippen molar-refractivity contribution in [3.8, 4) is 0 Å². The van der Waals surface area contributed by atoms with Gasteiger partial charge in [-0.25, -0.2) is 4.79 Å². The van der Waals surface area contributed by atoms with E-state index in [1.165, 1.54) is 11.3 Å². The first-order chi connectivity index (χ1) is 11.1. The van der Waals surface area contributed by atoms with Gasteiger partial charge in [-0.3, -0.25) is 4.79 Å². The minimum absolute atomic E-state index is 0.0874. The molecule has 5 heteroatoms. The summed E-state index contributed by atoms with van der Waals surface area (Å²) in [6.07, 6.45) is -0.0311. The van der Waals surface area contributed by atoms with Crippen LogP contribution in [0.15, 0.2) is 47.8 Å². The Morgan fingerprint density at radius 2 is 1.87 bits per heavy atom. The van der Waals surface area contributed by atoms with Gasteiger partial charge in [-0.15, -0.1) is 11.3 Å². The molecule has 1 aromatic heterocycles. The number of nitrogens with one attached hydrogen (secondary N) is 1. The third-order valence-corrected chi connectivity index (χ3v) is 4.23. The molecule has 2 rings (SSSR count). The number of carbonyl (C=O) groups is 2. The van der Waals surface area contributed by atoms with E-state index in [0.717, 1.165) is 12.0 Å². The average Bonchev–Trinajstić information content (AvgIpc) is 3.07. The van der Waals surface area contributed by atoms with Crippen LogP contribution in [-0.4, -0.2) is 24.5 Å². The minimum atomic E-state index is -0.777. The summed E-state index contributed by atoms with van der Waals surface area (Å²) in [5.41, 5.74) is 1.16. The van der Waals surface area contributed by atoms with Crippen molar-refractivity contribution in [2.24, 2.45) is 5.92 Å². The normalized spacial score (nSPS) is 12.0. The van der Waals surface area contributed by atoms with Crippen molar-refractivity contribution in [1.82, 2.24) is 5.32 Å². The van der Waals surface area contributed by atoms with Gasteiger partial charge in [-0.05, 0) is 29.3 Å². The molecule has 0 bridgehead atoms. The number of benzene rings is 1. The van der Waals surface area contributed by atoms with E-state index in [0.29, 0.717) is 11.4 Å². The average molecular weight is 331 g/mol. The summed E-state index contributed by atoms with van der Waals surface area (Å²) in [5, 5.41) is 4.66. The summed E-state index contributed by atoms with van der Waals surface area (Å²) in [4.78, 5) is 24.8. The molecule has 0 unspecified atom stereocenters. The topological polar surface area (TPSA) is 55.4 Å². The predicted molar refractivity (Wildman–Crippen MR) is 91.5 cm³/mol. The number of ether oxygens (including phenoxy) is 1. The molecular formula is C18H21NO3S. The quantitative estimate of drug-likeness (QED) is 0.792. The van der Waals surface area contributed by atoms with Gasteiger partial charge < -0.3 is 10.1 Å². The van der Waals surface area contributed by atoms with E-state index < -0.39 is 12.1 Å². The highest BCUT2D eigenvalue weighted by atomic mass is 32.1. The summed E-state index contributed by atoms with van der Waals surface area (Å²) in [7, 11) is 0. The van der Waals surface area contributed by atoms with E-state index in [1.54, 1.807) is 17.5 Å². The molecule has 1 amide bonds. The first-order valence-corrected chi connectivity index (χ1v) is 8.52. The largest absolute Gasteiger partial charge is 0.448 e. The van der Waals surface area contributed by atoms with Crippen LogP contribution in [0, 0.1) is 5.92 Å². The van der Waals surface area contributed by atoms with Gasteiger partial charge in [0.25, 0.3) is 5.91 Å². The summed E-state index contributed by atoms with van der Waals surface area (Å²) >= 11 is 1.31. The van der Waals surface area contributed by atoms with Crippen LogP contribution < -0.4 is 5.32 Å². The molecule has 2 aromatic rings. The predicted octanol–water partition coefficient (Wildman–Crippen LogP) is 3.29. The zero-order chi connectivity index (χ0) is 16.7. The maximum absolute atomic E-state index is 12.3. The van der Waals surface area contributed by atoms with Crippen LogP contribution in [0.5, 0.6) is 0 Å². The first-order valence-electron chi connectivity index (χ1n) is 7.64. The second-order valence-corrected chi connectivity index (χ2v) is 6.52. The zero-order valence-electron chi connectivity index (χ0n) is 13.3. The molecule has 1 aromatic carbocycles. The van der Waals surface area contributed by atoms with E-state index in [4.69, 9.17) is 4.74 Å². The smallest absolute Gasteiger partial charge is 0.349 e. The third-order valence-electron chi connectivity index (χ3n) is 3.38. The fourth-order valence-electron chi connectivity index (χ4n) is 2.14. The van der Waals surface area contributed by atoms with Gasteiger partial charge >= 0.3 is 5.97 Å². The molecule has 1 atom stereocenters. The molecule has 4 nitrogen and oxygen atoms in total. The highest BCUT2D eigenvalue weighted by molar-refractivity contribution is 7.11. The monoisotopic (exact) mass is 331 g/mol. The van der Waals surface area contributed by atoms with E-state index in [9.17, 15) is 9.59 Å². The number of rotatable bonds is 7. The van der Waals surface area contributed by atoms with Crippen molar-refractivity contribution in [3.63, 3.8) is 0 Å². The molecule has 122 valence electrons. The van der Waals surface area contributed by atoms with Gasteiger partial charge in [-0.2, -0.15) is 0 Å². The molecule has 0 aliphatic heterocycles. The van der Waals surface area contributed by atoms with Crippen LogP contribution in [0.25, 0.3) is 0 Å². The molecule has 0 fully saturated rings. The van der Waals surface area contributed by atoms with E-state index >= 15 is 0 Å². The van der Waals surface area contributed by atoms with Crippen molar-refractivity contribution >= 4 is 23.2 Å². The molecule has 1 heterocycles. The lowest BCUT2D eigenvalue weighted by atomic mass is 10.1. The van der Waals surface area contributed by atoms with E-state index in [1.807, 2.05) is 44.2 Å². The van der Waals surface area contributed by atoms with Crippen LogP contribution in [0.4, 0.5) is 0 Å². The maximum atomic E-state index is 12.3. The summed E-state index contributed by atoms with van der Waals surface area (Å²) in [6, 6.07) is 13.4. The lowest BCUT2D eigenvalue weighted by molar-refractivity contribution is -0.132. The molecule has 0 aliphatic rings. The molecule has 0 saturated carbocycles. The van der Waals surface area contributed by atoms with Gasteiger partial charge in [-0.1, -0.05) is 50.2 Å². The molecule has 23 heavy (non-hydrogen) atoms. The number of carbonyl (C=O) groups excluding carboxylic acids is 2. The number of amides is 1. The SMILES string of the molecule is CC(C)[C@H](OC(=O)c1cccs1)C(=O)NCCc1ccccc1. The fraction of sp³-hybridized carbons (Fsp3) is 0.333. The number of hydrogen-bond donors (Lipinski definition) is 1. The highest BCUT2D eigenvalue weighted by Gasteiger charge is 2.26. The molecule has 0 saturated heterocycles. The molecule has 0 aliphatic carbocycles. The lowest BCUT2D eigenvalue weighted by Gasteiger charge is -2.20. The van der Waals surface area contributed by atoms with Crippen LogP contribution >= 0.6 is 11.3 Å². The van der Waals surface area contributed by atoms with Crippen molar-refractivity contribution in [3.05, 3.63) is 58.3 Å². The minimum Gasteiger partial charge on any atom is -0.448 e.